The molecule has 1 nitrogen and oxygen atoms in total. The first-order chi connectivity index (χ1) is 8.81. The van der Waals surface area contributed by atoms with Gasteiger partial charge < -0.3 is 5.73 Å². The largest absolute Gasteiger partial charge is 0.402 e. The molecule has 2 N–H and O–H groups in total. The quantitative estimate of drug-likeness (QED) is 0.685. The third-order valence-electron chi connectivity index (χ3n) is 3.31. The van der Waals surface area contributed by atoms with Gasteiger partial charge >= 0.3 is 0 Å². The Bertz CT molecular complexity index is 647. The maximum atomic E-state index is 6.26. The van der Waals surface area contributed by atoms with Crippen LogP contribution in [0.25, 0.3) is 17.7 Å². The third kappa shape index (κ3) is 1.70. The lowest BCUT2D eigenvalue weighted by molar-refractivity contribution is 1.07. The normalized spacial score (nSPS) is 15.8. The van der Waals surface area contributed by atoms with Crippen molar-refractivity contribution in [2.24, 2.45) is 5.73 Å². The number of hydrogen-bond acceptors (Lipinski definition) is 2. The smallest absolute Gasteiger partial charge is 0.0349 e. The van der Waals surface area contributed by atoms with Crippen molar-refractivity contribution in [1.82, 2.24) is 0 Å². The van der Waals surface area contributed by atoms with Crippen LogP contribution in [0, 0.1) is 0 Å². The molecule has 3 rings (SSSR count). The summed E-state index contributed by atoms with van der Waals surface area (Å²) < 4.78 is 0. The molecular formula is C16H15NS. The predicted octanol–water partition coefficient (Wildman–Crippen LogP) is 4.36. The lowest BCUT2D eigenvalue weighted by Gasteiger charge is -2.12. The second-order valence-corrected chi connectivity index (χ2v) is 5.32. The molecule has 90 valence electrons. The summed E-state index contributed by atoms with van der Waals surface area (Å²) in [6, 6.07) is 10.6. The summed E-state index contributed by atoms with van der Waals surface area (Å²) in [6.45, 7) is 2.11. The molecule has 0 atom stereocenters. The summed E-state index contributed by atoms with van der Waals surface area (Å²) in [6.07, 6.45) is 5.24. The Morgan fingerprint density at radius 1 is 1.11 bits per heavy atom. The first-order valence-corrected chi connectivity index (χ1v) is 7.03. The number of nitrogens with two attached hydrogens (primary N) is 1. The monoisotopic (exact) mass is 253 g/mol. The summed E-state index contributed by atoms with van der Waals surface area (Å²) in [4.78, 5) is 1.29. The van der Waals surface area contributed by atoms with Crippen LogP contribution in [0.5, 0.6) is 0 Å². The van der Waals surface area contributed by atoms with Gasteiger partial charge in [-0.15, -0.1) is 11.3 Å². The van der Waals surface area contributed by atoms with Crippen LogP contribution in [-0.2, 0) is 0 Å². The van der Waals surface area contributed by atoms with E-state index in [0.717, 1.165) is 12.1 Å². The molecule has 0 radical (unpaired) electrons. The molecule has 18 heavy (non-hydrogen) atoms. The van der Waals surface area contributed by atoms with Crippen LogP contribution in [0.3, 0.4) is 0 Å². The van der Waals surface area contributed by atoms with E-state index >= 15 is 0 Å². The van der Waals surface area contributed by atoms with E-state index in [2.05, 4.69) is 54.8 Å². The Labute approximate surface area is 111 Å². The Hall–Kier alpha value is -1.80. The minimum absolute atomic E-state index is 0.874. The molecule has 1 aliphatic carbocycles. The van der Waals surface area contributed by atoms with E-state index < -0.39 is 0 Å². The van der Waals surface area contributed by atoms with Crippen LogP contribution in [0.15, 0.2) is 41.4 Å². The standard InChI is InChI=1S/C16H15NS/c1-2-14(17)16-12-6-4-3-5-11(12)7-8-15-13(16)9-10-18-15/h3-10H,2,17H2,1H3/b16-14+. The number of rotatable bonds is 1. The average Bonchev–Trinajstić information content (AvgIpc) is 2.80. The third-order valence-corrected chi connectivity index (χ3v) is 4.19. The Morgan fingerprint density at radius 3 is 2.78 bits per heavy atom. The van der Waals surface area contributed by atoms with Gasteiger partial charge in [0.15, 0.2) is 0 Å². The predicted molar refractivity (Wildman–Crippen MR) is 80.2 cm³/mol. The molecule has 0 unspecified atom stereocenters. The van der Waals surface area contributed by atoms with Gasteiger partial charge in [-0.05, 0) is 35.1 Å². The van der Waals surface area contributed by atoms with Crippen molar-refractivity contribution in [2.75, 3.05) is 0 Å². The summed E-state index contributed by atoms with van der Waals surface area (Å²) in [5.74, 6) is 0. The minimum atomic E-state index is 0.874. The highest BCUT2D eigenvalue weighted by Crippen LogP contribution is 2.37. The zero-order valence-electron chi connectivity index (χ0n) is 10.3. The van der Waals surface area contributed by atoms with Gasteiger partial charge in [0, 0.05) is 21.7 Å². The molecule has 1 aliphatic rings. The zero-order chi connectivity index (χ0) is 12.5. The van der Waals surface area contributed by atoms with E-state index in [1.165, 1.54) is 27.1 Å². The van der Waals surface area contributed by atoms with E-state index in [0.29, 0.717) is 0 Å². The van der Waals surface area contributed by atoms with Crippen LogP contribution < -0.4 is 5.73 Å². The van der Waals surface area contributed by atoms with Gasteiger partial charge in [0.05, 0.1) is 0 Å². The van der Waals surface area contributed by atoms with Crippen molar-refractivity contribution >= 4 is 29.1 Å². The molecule has 1 aromatic carbocycles. The van der Waals surface area contributed by atoms with Gasteiger partial charge in [-0.1, -0.05) is 37.3 Å². The molecule has 0 saturated carbocycles. The maximum absolute atomic E-state index is 6.26. The van der Waals surface area contributed by atoms with E-state index in [1.54, 1.807) is 11.3 Å². The van der Waals surface area contributed by atoms with Crippen molar-refractivity contribution in [3.05, 3.63) is 63.0 Å². The topological polar surface area (TPSA) is 26.0 Å². The molecule has 0 bridgehead atoms. The molecule has 0 saturated heterocycles. The average molecular weight is 253 g/mol. The molecule has 1 heterocycles. The highest BCUT2D eigenvalue weighted by molar-refractivity contribution is 7.11. The van der Waals surface area contributed by atoms with Gasteiger partial charge in [0.2, 0.25) is 0 Å². The van der Waals surface area contributed by atoms with Crippen LogP contribution in [0.1, 0.15) is 34.9 Å². The fraction of sp³-hybridized carbons (Fsp3) is 0.125. The van der Waals surface area contributed by atoms with Gasteiger partial charge in [-0.3, -0.25) is 0 Å². The van der Waals surface area contributed by atoms with Crippen LogP contribution in [-0.4, -0.2) is 0 Å². The second kappa shape index (κ2) is 4.46. The molecule has 0 aliphatic heterocycles. The maximum Gasteiger partial charge on any atom is 0.0349 e. The van der Waals surface area contributed by atoms with Crippen molar-refractivity contribution in [3.63, 3.8) is 0 Å². The Morgan fingerprint density at radius 2 is 1.94 bits per heavy atom. The van der Waals surface area contributed by atoms with Crippen molar-refractivity contribution in [3.8, 4) is 0 Å². The van der Waals surface area contributed by atoms with E-state index in [9.17, 15) is 0 Å². The van der Waals surface area contributed by atoms with Gasteiger partial charge in [-0.25, -0.2) is 0 Å². The Kier molecular flexibility index (Phi) is 2.80. The number of hydrogen-bond donors (Lipinski definition) is 1. The minimum Gasteiger partial charge on any atom is -0.402 e. The van der Waals surface area contributed by atoms with Crippen LogP contribution in [0.2, 0.25) is 0 Å². The van der Waals surface area contributed by atoms with E-state index in [1.807, 2.05) is 0 Å². The zero-order valence-corrected chi connectivity index (χ0v) is 11.1. The molecule has 0 amide bonds. The molecule has 2 heteroatoms. The SMILES string of the molecule is CC/C(N)=C1/c2ccccc2C=Cc2sccc21. The van der Waals surface area contributed by atoms with Gasteiger partial charge in [0.1, 0.15) is 0 Å². The lowest BCUT2D eigenvalue weighted by Crippen LogP contribution is -2.03. The summed E-state index contributed by atoms with van der Waals surface area (Å²) >= 11 is 1.76. The molecule has 0 fully saturated rings. The van der Waals surface area contributed by atoms with Gasteiger partial charge in [-0.2, -0.15) is 0 Å². The van der Waals surface area contributed by atoms with Crippen molar-refractivity contribution in [2.45, 2.75) is 13.3 Å². The van der Waals surface area contributed by atoms with Crippen molar-refractivity contribution in [1.29, 1.82) is 0 Å². The number of fused-ring (bicyclic) bond motifs is 2. The van der Waals surface area contributed by atoms with Crippen LogP contribution in [0.4, 0.5) is 0 Å². The molecule has 2 aromatic rings. The fourth-order valence-corrected chi connectivity index (χ4v) is 3.15. The highest BCUT2D eigenvalue weighted by atomic mass is 32.1. The first kappa shape index (κ1) is 11.3. The van der Waals surface area contributed by atoms with Crippen molar-refractivity contribution < 1.29 is 0 Å². The van der Waals surface area contributed by atoms with Gasteiger partial charge in [0.25, 0.3) is 0 Å². The summed E-state index contributed by atoms with van der Waals surface area (Å²) in [5.41, 5.74) is 12.2. The molecular weight excluding hydrogens is 238 g/mol. The molecule has 0 spiro atoms. The Balaban J connectivity index is 2.36. The fourth-order valence-electron chi connectivity index (χ4n) is 2.36. The highest BCUT2D eigenvalue weighted by Gasteiger charge is 2.17. The van der Waals surface area contributed by atoms with E-state index in [-0.39, 0.29) is 0 Å². The van der Waals surface area contributed by atoms with Crippen LogP contribution >= 0.6 is 11.3 Å². The lowest BCUT2D eigenvalue weighted by atomic mass is 9.94. The number of thiophene rings is 1. The summed E-state index contributed by atoms with van der Waals surface area (Å²) in [5, 5.41) is 2.13. The number of allylic oxidation sites excluding steroid dienone is 1. The molecule has 1 aromatic heterocycles. The number of benzene rings is 1. The summed E-state index contributed by atoms with van der Waals surface area (Å²) in [7, 11) is 0. The second-order valence-electron chi connectivity index (χ2n) is 4.37. The van der Waals surface area contributed by atoms with E-state index in [4.69, 9.17) is 5.73 Å². The first-order valence-electron chi connectivity index (χ1n) is 6.15.